The lowest BCUT2D eigenvalue weighted by molar-refractivity contribution is -0.116. The molecular formula is C24H23N3O2. The molecule has 0 aliphatic heterocycles. The Hall–Kier alpha value is -3.60. The van der Waals surface area contributed by atoms with E-state index in [1.807, 2.05) is 71.4 Å². The summed E-state index contributed by atoms with van der Waals surface area (Å²) in [5.41, 5.74) is 4.85. The van der Waals surface area contributed by atoms with Crippen LogP contribution < -0.4 is 10.1 Å². The smallest absolute Gasteiger partial charge is 0.224 e. The average Bonchev–Trinajstić information content (AvgIpc) is 3.14. The third-order valence-electron chi connectivity index (χ3n) is 4.64. The van der Waals surface area contributed by atoms with Gasteiger partial charge in [-0.25, -0.2) is 4.98 Å². The van der Waals surface area contributed by atoms with Crippen molar-refractivity contribution < 1.29 is 9.53 Å². The summed E-state index contributed by atoms with van der Waals surface area (Å²) in [5, 5.41) is 2.95. The fourth-order valence-corrected chi connectivity index (χ4v) is 3.23. The fraction of sp³-hybridized carbons (Fsp3) is 0.167. The zero-order chi connectivity index (χ0) is 20.1. The number of pyridine rings is 1. The van der Waals surface area contributed by atoms with Gasteiger partial charge in [0.2, 0.25) is 5.91 Å². The number of fused-ring (bicyclic) bond motifs is 1. The van der Waals surface area contributed by atoms with Crippen LogP contribution in [0.25, 0.3) is 5.65 Å². The van der Waals surface area contributed by atoms with Crippen LogP contribution in [0.2, 0.25) is 0 Å². The van der Waals surface area contributed by atoms with E-state index < -0.39 is 0 Å². The second-order valence-corrected chi connectivity index (χ2v) is 7.05. The average molecular weight is 385 g/mol. The Balaban J connectivity index is 1.32. The van der Waals surface area contributed by atoms with Crippen LogP contribution >= 0.6 is 0 Å². The van der Waals surface area contributed by atoms with Crippen molar-refractivity contribution in [2.45, 2.75) is 26.4 Å². The molecule has 4 aromatic rings. The molecule has 0 saturated carbocycles. The van der Waals surface area contributed by atoms with Gasteiger partial charge in [-0.2, -0.15) is 0 Å². The van der Waals surface area contributed by atoms with Gasteiger partial charge in [0.25, 0.3) is 0 Å². The van der Waals surface area contributed by atoms with Crippen LogP contribution in [0.3, 0.4) is 0 Å². The number of amides is 1. The first-order valence-corrected chi connectivity index (χ1v) is 9.66. The van der Waals surface area contributed by atoms with Crippen molar-refractivity contribution in [1.29, 1.82) is 0 Å². The van der Waals surface area contributed by atoms with E-state index in [0.717, 1.165) is 23.4 Å². The minimum Gasteiger partial charge on any atom is -0.487 e. The Morgan fingerprint density at radius 2 is 1.97 bits per heavy atom. The number of benzene rings is 2. The Morgan fingerprint density at radius 3 is 2.83 bits per heavy atom. The minimum atomic E-state index is -0.0102. The monoisotopic (exact) mass is 385 g/mol. The third kappa shape index (κ3) is 5.02. The van der Waals surface area contributed by atoms with Crippen LogP contribution in [-0.2, 0) is 17.8 Å². The van der Waals surface area contributed by atoms with Crippen LogP contribution in [0.15, 0.2) is 79.1 Å². The Labute approximate surface area is 170 Å². The summed E-state index contributed by atoms with van der Waals surface area (Å²) in [4.78, 5) is 16.8. The van der Waals surface area contributed by atoms with Crippen molar-refractivity contribution in [3.8, 4) is 5.75 Å². The van der Waals surface area contributed by atoms with Crippen LogP contribution in [0.4, 0.5) is 5.69 Å². The van der Waals surface area contributed by atoms with E-state index in [0.29, 0.717) is 18.8 Å². The maximum absolute atomic E-state index is 12.3. The first kappa shape index (κ1) is 18.7. The van der Waals surface area contributed by atoms with E-state index in [2.05, 4.69) is 29.4 Å². The molecule has 29 heavy (non-hydrogen) atoms. The quantitative estimate of drug-likeness (QED) is 0.497. The van der Waals surface area contributed by atoms with Gasteiger partial charge in [0.05, 0.1) is 5.69 Å². The van der Waals surface area contributed by atoms with Gasteiger partial charge in [-0.15, -0.1) is 0 Å². The molecule has 4 rings (SSSR count). The summed E-state index contributed by atoms with van der Waals surface area (Å²) in [5.74, 6) is 0.683. The van der Waals surface area contributed by atoms with E-state index in [4.69, 9.17) is 4.74 Å². The van der Waals surface area contributed by atoms with Crippen molar-refractivity contribution in [2.75, 3.05) is 5.32 Å². The zero-order valence-electron chi connectivity index (χ0n) is 16.3. The molecule has 2 aromatic heterocycles. The number of nitrogens with one attached hydrogen (secondary N) is 1. The van der Waals surface area contributed by atoms with E-state index in [9.17, 15) is 4.79 Å². The highest BCUT2D eigenvalue weighted by Crippen LogP contribution is 2.19. The van der Waals surface area contributed by atoms with Gasteiger partial charge in [-0.1, -0.05) is 42.0 Å². The number of aryl methyl sites for hydroxylation is 2. The normalized spacial score (nSPS) is 10.8. The van der Waals surface area contributed by atoms with Gasteiger partial charge in [-0.3, -0.25) is 4.79 Å². The largest absolute Gasteiger partial charge is 0.487 e. The van der Waals surface area contributed by atoms with E-state index in [1.54, 1.807) is 0 Å². The van der Waals surface area contributed by atoms with Gasteiger partial charge in [-0.05, 0) is 43.2 Å². The maximum Gasteiger partial charge on any atom is 0.224 e. The highest BCUT2D eigenvalue weighted by molar-refractivity contribution is 5.91. The molecule has 0 bridgehead atoms. The summed E-state index contributed by atoms with van der Waals surface area (Å²) in [6.45, 7) is 2.42. The SMILES string of the molecule is Cc1cccc(CCC(=O)Nc2cccc(OCc3cn4ccccc4n3)c2)c1. The van der Waals surface area contributed by atoms with Gasteiger partial charge in [0.1, 0.15) is 18.0 Å². The summed E-state index contributed by atoms with van der Waals surface area (Å²) >= 11 is 0. The highest BCUT2D eigenvalue weighted by Gasteiger charge is 2.06. The molecule has 2 aromatic carbocycles. The van der Waals surface area contributed by atoms with Crippen molar-refractivity contribution in [3.63, 3.8) is 0 Å². The molecule has 5 nitrogen and oxygen atoms in total. The molecule has 0 aliphatic rings. The molecule has 5 heteroatoms. The first-order chi connectivity index (χ1) is 14.2. The number of ether oxygens (including phenoxy) is 1. The van der Waals surface area contributed by atoms with Crippen LogP contribution in [0.1, 0.15) is 23.2 Å². The highest BCUT2D eigenvalue weighted by atomic mass is 16.5. The summed E-state index contributed by atoms with van der Waals surface area (Å²) < 4.78 is 7.82. The van der Waals surface area contributed by atoms with Gasteiger partial charge in [0.15, 0.2) is 0 Å². The van der Waals surface area contributed by atoms with Crippen molar-refractivity contribution in [3.05, 3.63) is 95.9 Å². The number of rotatable bonds is 7. The molecule has 1 amide bonds. The minimum absolute atomic E-state index is 0.0102. The summed E-state index contributed by atoms with van der Waals surface area (Å²) in [7, 11) is 0. The maximum atomic E-state index is 12.3. The van der Waals surface area contributed by atoms with E-state index in [-0.39, 0.29) is 5.91 Å². The molecule has 0 radical (unpaired) electrons. The Bertz CT molecular complexity index is 1100. The molecule has 0 unspecified atom stereocenters. The van der Waals surface area contributed by atoms with E-state index in [1.165, 1.54) is 11.1 Å². The van der Waals surface area contributed by atoms with Crippen LogP contribution in [-0.4, -0.2) is 15.3 Å². The molecule has 0 fully saturated rings. The second-order valence-electron chi connectivity index (χ2n) is 7.05. The number of hydrogen-bond donors (Lipinski definition) is 1. The van der Waals surface area contributed by atoms with Crippen molar-refractivity contribution in [2.24, 2.45) is 0 Å². The number of carbonyl (C=O) groups is 1. The molecular weight excluding hydrogens is 362 g/mol. The third-order valence-corrected chi connectivity index (χ3v) is 4.64. The first-order valence-electron chi connectivity index (χ1n) is 9.66. The number of hydrogen-bond acceptors (Lipinski definition) is 3. The summed E-state index contributed by atoms with van der Waals surface area (Å²) in [6.07, 6.45) is 5.07. The molecule has 2 heterocycles. The van der Waals surface area contributed by atoms with Crippen LogP contribution in [0.5, 0.6) is 5.75 Å². The molecule has 0 atom stereocenters. The molecule has 0 aliphatic carbocycles. The molecule has 0 saturated heterocycles. The lowest BCUT2D eigenvalue weighted by Crippen LogP contribution is -2.12. The molecule has 1 N–H and O–H groups in total. The summed E-state index contributed by atoms with van der Waals surface area (Å²) in [6, 6.07) is 21.6. The lowest BCUT2D eigenvalue weighted by atomic mass is 10.1. The lowest BCUT2D eigenvalue weighted by Gasteiger charge is -2.09. The predicted molar refractivity (Wildman–Crippen MR) is 114 cm³/mol. The van der Waals surface area contributed by atoms with Crippen LogP contribution in [0, 0.1) is 6.92 Å². The van der Waals surface area contributed by atoms with Crippen molar-refractivity contribution >= 4 is 17.2 Å². The van der Waals surface area contributed by atoms with Gasteiger partial charge < -0.3 is 14.5 Å². The topological polar surface area (TPSA) is 55.6 Å². The Kier molecular flexibility index (Phi) is 5.56. The number of aromatic nitrogens is 2. The molecule has 0 spiro atoms. The van der Waals surface area contributed by atoms with E-state index >= 15 is 0 Å². The number of nitrogens with zero attached hydrogens (tertiary/aromatic N) is 2. The number of imidazole rings is 1. The predicted octanol–water partition coefficient (Wildman–Crippen LogP) is 4.79. The van der Waals surface area contributed by atoms with Gasteiger partial charge >= 0.3 is 0 Å². The zero-order valence-corrected chi connectivity index (χ0v) is 16.3. The number of anilines is 1. The van der Waals surface area contributed by atoms with Gasteiger partial charge in [0, 0.05) is 30.6 Å². The Morgan fingerprint density at radius 1 is 1.07 bits per heavy atom. The standard InChI is InChI=1S/C24H23N3O2/c1-18-6-4-7-19(14-18)11-12-24(28)26-20-8-5-9-22(15-20)29-17-21-16-27-13-3-2-10-23(27)25-21/h2-10,13-16H,11-12,17H2,1H3,(H,26,28). The second kappa shape index (κ2) is 8.61. The molecule has 146 valence electrons. The number of carbonyl (C=O) groups excluding carboxylic acids is 1. The fourth-order valence-electron chi connectivity index (χ4n) is 3.23. The van der Waals surface area contributed by atoms with Crippen molar-refractivity contribution in [1.82, 2.24) is 9.38 Å².